The zero-order valence-electron chi connectivity index (χ0n) is 10.3. The third-order valence-electron chi connectivity index (χ3n) is 3.23. The van der Waals surface area contributed by atoms with Gasteiger partial charge in [0, 0.05) is 11.6 Å². The number of aromatic nitrogens is 3. The Morgan fingerprint density at radius 2 is 1.79 bits per heavy atom. The van der Waals surface area contributed by atoms with Crippen LogP contribution in [0.4, 0.5) is 5.82 Å². The molecule has 108 valence electrons. The maximum atomic E-state index is 5.74. The average Bonchev–Trinajstić information content (AvgIpc) is 2.72. The molecule has 4 N–H and O–H groups in total. The summed E-state index contributed by atoms with van der Waals surface area (Å²) in [6.45, 7) is 2.15. The summed E-state index contributed by atoms with van der Waals surface area (Å²) >= 11 is 0. The number of rotatable bonds is 1. The monoisotopic (exact) mass is 325 g/mol. The number of anilines is 1. The molecule has 0 unspecified atom stereocenters. The number of nitrogens with zero attached hydrogens (tertiary/aromatic N) is 2. The van der Waals surface area contributed by atoms with Gasteiger partial charge in [0.15, 0.2) is 5.65 Å². The molecule has 0 aromatic carbocycles. The first-order valence-corrected chi connectivity index (χ1v) is 5.66. The zero-order chi connectivity index (χ0) is 11.0. The van der Waals surface area contributed by atoms with E-state index < -0.39 is 0 Å². The van der Waals surface area contributed by atoms with Crippen LogP contribution in [0.15, 0.2) is 12.1 Å². The van der Waals surface area contributed by atoms with E-state index >= 15 is 0 Å². The van der Waals surface area contributed by atoms with Gasteiger partial charge in [-0.15, -0.1) is 37.2 Å². The van der Waals surface area contributed by atoms with Crippen LogP contribution in [-0.4, -0.2) is 28.3 Å². The maximum Gasteiger partial charge on any atom is 0.183 e. The van der Waals surface area contributed by atoms with Crippen LogP contribution in [0.5, 0.6) is 0 Å². The van der Waals surface area contributed by atoms with Gasteiger partial charge in [-0.2, -0.15) is 5.10 Å². The van der Waals surface area contributed by atoms with Gasteiger partial charge in [-0.05, 0) is 38.1 Å². The van der Waals surface area contributed by atoms with Gasteiger partial charge in [0.25, 0.3) is 0 Å². The molecule has 1 saturated heterocycles. The van der Waals surface area contributed by atoms with Crippen molar-refractivity contribution in [2.75, 3.05) is 18.8 Å². The molecule has 0 spiro atoms. The number of hydrogen-bond donors (Lipinski definition) is 3. The van der Waals surface area contributed by atoms with Gasteiger partial charge in [-0.25, -0.2) is 4.98 Å². The van der Waals surface area contributed by atoms with Crippen LogP contribution >= 0.6 is 37.2 Å². The summed E-state index contributed by atoms with van der Waals surface area (Å²) < 4.78 is 0. The Morgan fingerprint density at radius 3 is 2.47 bits per heavy atom. The number of nitrogens with one attached hydrogen (secondary N) is 2. The number of pyridine rings is 1. The second-order valence-electron chi connectivity index (χ2n) is 4.27. The highest BCUT2D eigenvalue weighted by Gasteiger charge is 2.17. The topological polar surface area (TPSA) is 79.6 Å². The van der Waals surface area contributed by atoms with Gasteiger partial charge in [-0.3, -0.25) is 5.10 Å². The Balaban J connectivity index is 0.00000108. The Labute approximate surface area is 130 Å². The van der Waals surface area contributed by atoms with Gasteiger partial charge >= 0.3 is 0 Å². The molecule has 0 amide bonds. The van der Waals surface area contributed by atoms with E-state index in [1.807, 2.05) is 6.07 Å². The Hall–Kier alpha value is -0.750. The van der Waals surface area contributed by atoms with Crippen LogP contribution in [-0.2, 0) is 0 Å². The van der Waals surface area contributed by atoms with Crippen molar-refractivity contribution in [2.24, 2.45) is 0 Å². The van der Waals surface area contributed by atoms with Crippen molar-refractivity contribution in [3.8, 4) is 0 Å². The molecule has 0 saturated carbocycles. The lowest BCUT2D eigenvalue weighted by Crippen LogP contribution is -2.27. The standard InChI is InChI=1S/C11H15N5.3ClH/c12-10-8-1-2-9(14-11(8)16-15-10)7-3-5-13-6-4-7;;;/h1-2,7,13H,3-6H2,(H3,12,14,15,16);3*1H. The van der Waals surface area contributed by atoms with E-state index in [4.69, 9.17) is 5.73 Å². The summed E-state index contributed by atoms with van der Waals surface area (Å²) in [5.41, 5.74) is 7.61. The highest BCUT2D eigenvalue weighted by molar-refractivity contribution is 5.86. The number of hydrogen-bond acceptors (Lipinski definition) is 4. The predicted molar refractivity (Wildman–Crippen MR) is 84.9 cm³/mol. The van der Waals surface area contributed by atoms with Crippen molar-refractivity contribution in [3.05, 3.63) is 17.8 Å². The number of H-pyrrole nitrogens is 1. The highest BCUT2D eigenvalue weighted by atomic mass is 35.5. The van der Waals surface area contributed by atoms with Gasteiger partial charge in [-0.1, -0.05) is 0 Å². The van der Waals surface area contributed by atoms with E-state index in [9.17, 15) is 0 Å². The lowest BCUT2D eigenvalue weighted by Gasteiger charge is -2.21. The van der Waals surface area contributed by atoms with E-state index in [2.05, 4.69) is 26.6 Å². The summed E-state index contributed by atoms with van der Waals surface area (Å²) in [5.74, 6) is 1.16. The van der Waals surface area contributed by atoms with E-state index in [-0.39, 0.29) is 37.2 Å². The number of halogens is 3. The number of aromatic amines is 1. The first-order chi connectivity index (χ1) is 7.84. The van der Waals surface area contributed by atoms with Gasteiger partial charge in [0.1, 0.15) is 5.82 Å². The minimum atomic E-state index is 0. The number of piperidine rings is 1. The lowest BCUT2D eigenvalue weighted by atomic mass is 9.94. The van der Waals surface area contributed by atoms with Crippen molar-refractivity contribution < 1.29 is 0 Å². The summed E-state index contributed by atoms with van der Waals surface area (Å²) in [5, 5.41) is 11.1. The summed E-state index contributed by atoms with van der Waals surface area (Å²) in [6.07, 6.45) is 2.30. The number of nitrogen functional groups attached to an aromatic ring is 1. The van der Waals surface area contributed by atoms with Gasteiger partial charge in [0.05, 0.1) is 5.39 Å². The van der Waals surface area contributed by atoms with Crippen molar-refractivity contribution in [1.82, 2.24) is 20.5 Å². The smallest absolute Gasteiger partial charge is 0.183 e. The highest BCUT2D eigenvalue weighted by Crippen LogP contribution is 2.26. The predicted octanol–water partition coefficient (Wildman–Crippen LogP) is 2.27. The normalized spacial score (nSPS) is 15.2. The van der Waals surface area contributed by atoms with E-state index in [1.165, 1.54) is 0 Å². The fourth-order valence-electron chi connectivity index (χ4n) is 2.28. The third kappa shape index (κ3) is 3.63. The average molecular weight is 327 g/mol. The van der Waals surface area contributed by atoms with Crippen LogP contribution < -0.4 is 11.1 Å². The quantitative estimate of drug-likeness (QED) is 0.751. The zero-order valence-corrected chi connectivity index (χ0v) is 12.7. The first-order valence-electron chi connectivity index (χ1n) is 5.66. The van der Waals surface area contributed by atoms with Crippen LogP contribution in [0.3, 0.4) is 0 Å². The molecule has 0 atom stereocenters. The van der Waals surface area contributed by atoms with Crippen LogP contribution in [0.2, 0.25) is 0 Å². The molecule has 5 nitrogen and oxygen atoms in total. The molecule has 2 aromatic rings. The van der Waals surface area contributed by atoms with Gasteiger partial charge < -0.3 is 11.1 Å². The molecule has 0 aliphatic carbocycles. The summed E-state index contributed by atoms with van der Waals surface area (Å²) in [7, 11) is 0. The maximum absolute atomic E-state index is 5.74. The Morgan fingerprint density at radius 1 is 1.11 bits per heavy atom. The molecule has 1 aliphatic rings. The van der Waals surface area contributed by atoms with Gasteiger partial charge in [0.2, 0.25) is 0 Å². The molecule has 0 bridgehead atoms. The second kappa shape index (κ2) is 7.75. The molecule has 3 heterocycles. The molecule has 2 aromatic heterocycles. The molecular formula is C11H18Cl3N5. The van der Waals surface area contributed by atoms with E-state index in [1.54, 1.807) is 0 Å². The van der Waals surface area contributed by atoms with E-state index in [0.717, 1.165) is 42.7 Å². The van der Waals surface area contributed by atoms with Crippen molar-refractivity contribution in [2.45, 2.75) is 18.8 Å². The largest absolute Gasteiger partial charge is 0.384 e. The van der Waals surface area contributed by atoms with Crippen molar-refractivity contribution >= 4 is 54.1 Å². The molecular weight excluding hydrogens is 309 g/mol. The number of fused-ring (bicyclic) bond motifs is 1. The van der Waals surface area contributed by atoms with Crippen LogP contribution in [0.25, 0.3) is 11.0 Å². The molecule has 1 aliphatic heterocycles. The van der Waals surface area contributed by atoms with Crippen LogP contribution in [0, 0.1) is 0 Å². The molecule has 3 rings (SSSR count). The second-order valence-corrected chi connectivity index (χ2v) is 4.27. The molecule has 1 fully saturated rings. The minimum Gasteiger partial charge on any atom is -0.384 e. The molecule has 8 heteroatoms. The van der Waals surface area contributed by atoms with Crippen molar-refractivity contribution in [1.29, 1.82) is 0 Å². The fourth-order valence-corrected chi connectivity index (χ4v) is 2.28. The number of nitrogens with two attached hydrogens (primary N) is 1. The first kappa shape index (κ1) is 18.2. The van der Waals surface area contributed by atoms with E-state index in [0.29, 0.717) is 11.7 Å². The summed E-state index contributed by atoms with van der Waals surface area (Å²) in [4.78, 5) is 4.57. The van der Waals surface area contributed by atoms with Crippen molar-refractivity contribution in [3.63, 3.8) is 0 Å². The Bertz CT molecular complexity index is 510. The summed E-state index contributed by atoms with van der Waals surface area (Å²) in [6, 6.07) is 4.09. The lowest BCUT2D eigenvalue weighted by molar-refractivity contribution is 0.454. The minimum absolute atomic E-state index is 0. The SMILES string of the molecule is Cl.Cl.Cl.Nc1[nH]nc2nc(C3CCNCC3)ccc12. The fraction of sp³-hybridized carbons (Fsp3) is 0.455. The Kier molecular flexibility index (Phi) is 7.44. The molecule has 0 radical (unpaired) electrons. The molecule has 19 heavy (non-hydrogen) atoms. The third-order valence-corrected chi connectivity index (χ3v) is 3.23. The van der Waals surface area contributed by atoms with Crippen LogP contribution in [0.1, 0.15) is 24.5 Å².